The van der Waals surface area contributed by atoms with Gasteiger partial charge in [-0.25, -0.2) is 0 Å². The van der Waals surface area contributed by atoms with E-state index in [0.29, 0.717) is 45.2 Å². The van der Waals surface area contributed by atoms with Gasteiger partial charge < -0.3 is 14.8 Å². The van der Waals surface area contributed by atoms with Crippen LogP contribution in [0.5, 0.6) is 11.5 Å². The first-order valence-corrected chi connectivity index (χ1v) is 12.3. The number of aryl methyl sites for hydroxylation is 1. The lowest BCUT2D eigenvalue weighted by molar-refractivity contribution is -0.118. The average molecular weight is 548 g/mol. The van der Waals surface area contributed by atoms with Crippen molar-refractivity contribution in [1.29, 1.82) is 0 Å². The van der Waals surface area contributed by atoms with Gasteiger partial charge in [0.2, 0.25) is 0 Å². The fourth-order valence-electron chi connectivity index (χ4n) is 3.73. The molecule has 0 radical (unpaired) electrons. The second kappa shape index (κ2) is 11.2. The van der Waals surface area contributed by atoms with E-state index in [0.717, 1.165) is 11.1 Å². The molecule has 3 aromatic rings. The minimum atomic E-state index is -0.287. The fraction of sp³-hybridized carbons (Fsp3) is 0.179. The molecule has 1 heterocycles. The Balaban J connectivity index is 1.53. The summed E-state index contributed by atoms with van der Waals surface area (Å²) in [6, 6.07) is 20.4. The van der Waals surface area contributed by atoms with Crippen LogP contribution in [0.3, 0.4) is 0 Å². The topological polar surface area (TPSA) is 80.2 Å². The normalized spacial score (nSPS) is 14.1. The predicted octanol–water partition coefficient (Wildman–Crippen LogP) is 5.98. The standard InChI is InChI=1S/C28H26BrN3O4/c1-4-35-25-16-20(14-23-19(3)31-32(28(23)34)22-11-6-5-7-12-22)15-24(29)27(25)36-17-26(33)30-21-10-8-9-18(2)13-21/h5-16H,4,17H2,1-3H3,(H,30,33)/b23-14+. The number of hydrogen-bond acceptors (Lipinski definition) is 5. The van der Waals surface area contributed by atoms with Crippen molar-refractivity contribution in [2.45, 2.75) is 20.8 Å². The Labute approximate surface area is 218 Å². The molecule has 2 amide bonds. The van der Waals surface area contributed by atoms with Gasteiger partial charge in [0.05, 0.1) is 28.1 Å². The number of nitrogens with zero attached hydrogens (tertiary/aromatic N) is 2. The third kappa shape index (κ3) is 5.83. The highest BCUT2D eigenvalue weighted by molar-refractivity contribution is 9.10. The van der Waals surface area contributed by atoms with Crippen LogP contribution in [0.4, 0.5) is 11.4 Å². The maximum absolute atomic E-state index is 13.1. The molecule has 0 bridgehead atoms. The van der Waals surface area contributed by atoms with E-state index >= 15 is 0 Å². The summed E-state index contributed by atoms with van der Waals surface area (Å²) in [6.45, 7) is 5.83. The quantitative estimate of drug-likeness (QED) is 0.352. The van der Waals surface area contributed by atoms with E-state index in [4.69, 9.17) is 9.47 Å². The zero-order chi connectivity index (χ0) is 25.7. The first-order chi connectivity index (χ1) is 17.4. The summed E-state index contributed by atoms with van der Waals surface area (Å²) >= 11 is 3.53. The van der Waals surface area contributed by atoms with Gasteiger partial charge in [-0.05, 0) is 90.3 Å². The molecule has 0 saturated heterocycles. The highest BCUT2D eigenvalue weighted by Gasteiger charge is 2.28. The molecule has 1 aliphatic rings. The van der Waals surface area contributed by atoms with E-state index in [1.54, 1.807) is 19.1 Å². The summed E-state index contributed by atoms with van der Waals surface area (Å²) in [4.78, 5) is 25.5. The van der Waals surface area contributed by atoms with Crippen LogP contribution in [0.15, 0.2) is 81.9 Å². The van der Waals surface area contributed by atoms with Gasteiger partial charge in [-0.1, -0.05) is 30.3 Å². The molecule has 7 nitrogen and oxygen atoms in total. The third-order valence-corrected chi connectivity index (χ3v) is 5.94. The first-order valence-electron chi connectivity index (χ1n) is 11.5. The molecule has 0 spiro atoms. The summed E-state index contributed by atoms with van der Waals surface area (Å²) in [7, 11) is 0. The highest BCUT2D eigenvalue weighted by atomic mass is 79.9. The predicted molar refractivity (Wildman–Crippen MR) is 146 cm³/mol. The molecular formula is C28H26BrN3O4. The van der Waals surface area contributed by atoms with E-state index in [1.807, 2.05) is 74.5 Å². The Bertz CT molecular complexity index is 1350. The lowest BCUT2D eigenvalue weighted by Crippen LogP contribution is -2.21. The molecular weight excluding hydrogens is 522 g/mol. The van der Waals surface area contributed by atoms with Crippen molar-refractivity contribution in [2.75, 3.05) is 23.5 Å². The highest BCUT2D eigenvalue weighted by Crippen LogP contribution is 2.38. The summed E-state index contributed by atoms with van der Waals surface area (Å²) < 4.78 is 12.2. The number of carbonyl (C=O) groups excluding carboxylic acids is 2. The number of benzene rings is 3. The van der Waals surface area contributed by atoms with Crippen LogP contribution in [0.25, 0.3) is 6.08 Å². The average Bonchev–Trinajstić information content (AvgIpc) is 3.12. The van der Waals surface area contributed by atoms with E-state index in [1.165, 1.54) is 5.01 Å². The Hall–Kier alpha value is -3.91. The van der Waals surface area contributed by atoms with Crippen LogP contribution in [-0.2, 0) is 9.59 Å². The molecule has 0 aromatic heterocycles. The number of carbonyl (C=O) groups is 2. The molecule has 0 atom stereocenters. The zero-order valence-corrected chi connectivity index (χ0v) is 21.8. The largest absolute Gasteiger partial charge is 0.490 e. The van der Waals surface area contributed by atoms with Crippen molar-refractivity contribution in [3.63, 3.8) is 0 Å². The Morgan fingerprint density at radius 1 is 1.06 bits per heavy atom. The number of hydrazone groups is 1. The molecule has 8 heteroatoms. The molecule has 4 rings (SSSR count). The Morgan fingerprint density at radius 3 is 2.56 bits per heavy atom. The monoisotopic (exact) mass is 547 g/mol. The number of amides is 2. The Kier molecular flexibility index (Phi) is 7.85. The van der Waals surface area contributed by atoms with Crippen molar-refractivity contribution in [2.24, 2.45) is 5.10 Å². The van der Waals surface area contributed by atoms with E-state index < -0.39 is 0 Å². The molecule has 1 aliphatic heterocycles. The number of para-hydroxylation sites is 1. The molecule has 1 N–H and O–H groups in total. The molecule has 0 fully saturated rings. The number of rotatable bonds is 8. The molecule has 36 heavy (non-hydrogen) atoms. The van der Waals surface area contributed by atoms with E-state index in [-0.39, 0.29) is 18.4 Å². The van der Waals surface area contributed by atoms with Gasteiger partial charge in [0.25, 0.3) is 11.8 Å². The lowest BCUT2D eigenvalue weighted by atomic mass is 10.1. The number of halogens is 1. The molecule has 0 saturated carbocycles. The summed E-state index contributed by atoms with van der Waals surface area (Å²) in [5, 5.41) is 8.64. The molecule has 0 unspecified atom stereocenters. The van der Waals surface area contributed by atoms with Crippen LogP contribution in [-0.4, -0.2) is 30.7 Å². The van der Waals surface area contributed by atoms with Gasteiger partial charge in [-0.15, -0.1) is 0 Å². The molecule has 0 aliphatic carbocycles. The van der Waals surface area contributed by atoms with Crippen molar-refractivity contribution in [3.8, 4) is 11.5 Å². The third-order valence-electron chi connectivity index (χ3n) is 5.36. The van der Waals surface area contributed by atoms with Gasteiger partial charge >= 0.3 is 0 Å². The van der Waals surface area contributed by atoms with Gasteiger partial charge in [0.15, 0.2) is 18.1 Å². The minimum Gasteiger partial charge on any atom is -0.490 e. The van der Waals surface area contributed by atoms with Crippen molar-refractivity contribution >= 4 is 50.9 Å². The van der Waals surface area contributed by atoms with Crippen molar-refractivity contribution < 1.29 is 19.1 Å². The minimum absolute atomic E-state index is 0.191. The second-order valence-electron chi connectivity index (χ2n) is 8.17. The fourth-order valence-corrected chi connectivity index (χ4v) is 4.30. The first kappa shape index (κ1) is 25.2. The van der Waals surface area contributed by atoms with Crippen molar-refractivity contribution in [3.05, 3.63) is 87.9 Å². The van der Waals surface area contributed by atoms with Gasteiger partial charge in [0, 0.05) is 5.69 Å². The maximum Gasteiger partial charge on any atom is 0.280 e. The maximum atomic E-state index is 13.1. The number of nitrogens with one attached hydrogen (secondary N) is 1. The molecule has 184 valence electrons. The van der Waals surface area contributed by atoms with Gasteiger partial charge in [-0.3, -0.25) is 9.59 Å². The lowest BCUT2D eigenvalue weighted by Gasteiger charge is -2.15. The van der Waals surface area contributed by atoms with Gasteiger partial charge in [-0.2, -0.15) is 10.1 Å². The van der Waals surface area contributed by atoms with E-state index in [2.05, 4.69) is 26.3 Å². The number of ether oxygens (including phenoxy) is 2. The van der Waals surface area contributed by atoms with Crippen LogP contribution in [0.1, 0.15) is 25.0 Å². The smallest absolute Gasteiger partial charge is 0.280 e. The van der Waals surface area contributed by atoms with Crippen LogP contribution in [0, 0.1) is 6.92 Å². The molecule has 3 aromatic carbocycles. The summed E-state index contributed by atoms with van der Waals surface area (Å²) in [6.07, 6.45) is 1.77. The number of hydrogen-bond donors (Lipinski definition) is 1. The summed E-state index contributed by atoms with van der Waals surface area (Å²) in [5.41, 5.74) is 4.29. The van der Waals surface area contributed by atoms with Crippen molar-refractivity contribution in [1.82, 2.24) is 0 Å². The van der Waals surface area contributed by atoms with Crippen LogP contribution >= 0.6 is 15.9 Å². The SMILES string of the molecule is CCOc1cc(/C=C2/C(=O)N(c3ccccc3)N=C2C)cc(Br)c1OCC(=O)Nc1cccc(C)c1. The van der Waals surface area contributed by atoms with Crippen LogP contribution in [0.2, 0.25) is 0 Å². The van der Waals surface area contributed by atoms with Crippen LogP contribution < -0.4 is 19.8 Å². The second-order valence-corrected chi connectivity index (χ2v) is 9.02. The van der Waals surface area contributed by atoms with E-state index in [9.17, 15) is 9.59 Å². The number of anilines is 2. The van der Waals surface area contributed by atoms with Gasteiger partial charge in [0.1, 0.15) is 0 Å². The Morgan fingerprint density at radius 2 is 1.83 bits per heavy atom. The summed E-state index contributed by atoms with van der Waals surface area (Å²) in [5.74, 6) is 0.376. The zero-order valence-electron chi connectivity index (χ0n) is 20.2.